The molecule has 1 atom stereocenters. The average molecular weight is 242 g/mol. The van der Waals surface area contributed by atoms with E-state index in [1.807, 2.05) is 0 Å². The van der Waals surface area contributed by atoms with E-state index in [0.717, 1.165) is 12.5 Å². The molecule has 102 valence electrons. The third-order valence-electron chi connectivity index (χ3n) is 3.67. The Morgan fingerprint density at radius 1 is 1.35 bits per heavy atom. The lowest BCUT2D eigenvalue weighted by Gasteiger charge is -2.32. The van der Waals surface area contributed by atoms with E-state index in [0.29, 0.717) is 6.04 Å². The summed E-state index contributed by atoms with van der Waals surface area (Å²) in [6.45, 7) is 10.4. The van der Waals surface area contributed by atoms with Crippen LogP contribution in [0.25, 0.3) is 0 Å². The molecule has 0 saturated carbocycles. The summed E-state index contributed by atoms with van der Waals surface area (Å²) in [5.74, 6) is 0.855. The molecule has 0 aliphatic carbocycles. The summed E-state index contributed by atoms with van der Waals surface area (Å²) < 4.78 is 5.11. The van der Waals surface area contributed by atoms with Gasteiger partial charge in [0.2, 0.25) is 0 Å². The summed E-state index contributed by atoms with van der Waals surface area (Å²) >= 11 is 0. The Kier molecular flexibility index (Phi) is 7.82. The van der Waals surface area contributed by atoms with E-state index in [-0.39, 0.29) is 0 Å². The number of piperidine rings is 1. The van der Waals surface area contributed by atoms with Crippen molar-refractivity contribution in [1.29, 1.82) is 0 Å². The van der Waals surface area contributed by atoms with E-state index >= 15 is 0 Å². The zero-order valence-electron chi connectivity index (χ0n) is 11.9. The predicted molar refractivity (Wildman–Crippen MR) is 73.4 cm³/mol. The van der Waals surface area contributed by atoms with Gasteiger partial charge in [-0.15, -0.1) is 0 Å². The molecule has 17 heavy (non-hydrogen) atoms. The smallest absolute Gasteiger partial charge is 0.0462 e. The molecule has 1 saturated heterocycles. The van der Waals surface area contributed by atoms with Crippen LogP contribution >= 0.6 is 0 Å². The highest BCUT2D eigenvalue weighted by Crippen LogP contribution is 2.14. The van der Waals surface area contributed by atoms with E-state index < -0.39 is 0 Å². The van der Waals surface area contributed by atoms with Crippen molar-refractivity contribution in [2.24, 2.45) is 5.92 Å². The van der Waals surface area contributed by atoms with Crippen LogP contribution in [0.15, 0.2) is 0 Å². The van der Waals surface area contributed by atoms with Crippen molar-refractivity contribution in [3.05, 3.63) is 0 Å². The highest BCUT2D eigenvalue weighted by molar-refractivity contribution is 4.74. The first kappa shape index (κ1) is 14.9. The minimum Gasteiger partial charge on any atom is -0.385 e. The summed E-state index contributed by atoms with van der Waals surface area (Å²) in [5, 5.41) is 3.51. The second-order valence-corrected chi connectivity index (χ2v) is 5.50. The van der Waals surface area contributed by atoms with Gasteiger partial charge in [0.05, 0.1) is 0 Å². The SMILES string of the molecule is COCCCCN(CC1CCCNC1)C(C)C. The normalized spacial score (nSPS) is 21.4. The topological polar surface area (TPSA) is 24.5 Å². The molecule has 1 aliphatic heterocycles. The monoisotopic (exact) mass is 242 g/mol. The number of nitrogens with zero attached hydrogens (tertiary/aromatic N) is 1. The summed E-state index contributed by atoms with van der Waals surface area (Å²) in [4.78, 5) is 2.63. The predicted octanol–water partition coefficient (Wildman–Crippen LogP) is 2.12. The molecular weight excluding hydrogens is 212 g/mol. The van der Waals surface area contributed by atoms with Gasteiger partial charge in [-0.25, -0.2) is 0 Å². The number of ether oxygens (including phenoxy) is 1. The average Bonchev–Trinajstić information content (AvgIpc) is 2.34. The summed E-state index contributed by atoms with van der Waals surface area (Å²) in [7, 11) is 1.79. The lowest BCUT2D eigenvalue weighted by Crippen LogP contribution is -2.41. The van der Waals surface area contributed by atoms with Gasteiger partial charge in [0.1, 0.15) is 0 Å². The lowest BCUT2D eigenvalue weighted by molar-refractivity contribution is 0.153. The number of unbranched alkanes of at least 4 members (excludes halogenated alkanes) is 1. The second-order valence-electron chi connectivity index (χ2n) is 5.50. The fourth-order valence-corrected chi connectivity index (χ4v) is 2.53. The number of methoxy groups -OCH3 is 1. The fourth-order valence-electron chi connectivity index (χ4n) is 2.53. The van der Waals surface area contributed by atoms with Crippen LogP contribution in [0.3, 0.4) is 0 Å². The van der Waals surface area contributed by atoms with Gasteiger partial charge in [-0.05, 0) is 65.1 Å². The van der Waals surface area contributed by atoms with Crippen LogP contribution < -0.4 is 5.32 Å². The van der Waals surface area contributed by atoms with E-state index in [1.54, 1.807) is 7.11 Å². The van der Waals surface area contributed by atoms with Crippen LogP contribution in [-0.4, -0.2) is 50.8 Å². The quantitative estimate of drug-likeness (QED) is 0.660. The van der Waals surface area contributed by atoms with Crippen molar-refractivity contribution >= 4 is 0 Å². The number of nitrogens with one attached hydrogen (secondary N) is 1. The minimum absolute atomic E-state index is 0.666. The van der Waals surface area contributed by atoms with Crippen LogP contribution in [0.1, 0.15) is 39.5 Å². The standard InChI is InChI=1S/C14H30N2O/c1-13(2)16(9-4-5-10-17-3)12-14-7-6-8-15-11-14/h13-15H,4-12H2,1-3H3. The number of hydrogen-bond acceptors (Lipinski definition) is 3. The molecule has 3 nitrogen and oxygen atoms in total. The zero-order chi connectivity index (χ0) is 12.5. The maximum Gasteiger partial charge on any atom is 0.0462 e. The maximum absolute atomic E-state index is 5.11. The zero-order valence-corrected chi connectivity index (χ0v) is 11.9. The van der Waals surface area contributed by atoms with Gasteiger partial charge in [0, 0.05) is 26.3 Å². The Bertz CT molecular complexity index is 179. The molecule has 1 unspecified atom stereocenters. The van der Waals surface area contributed by atoms with Crippen molar-refractivity contribution in [2.75, 3.05) is 39.9 Å². The van der Waals surface area contributed by atoms with Crippen LogP contribution in [0.5, 0.6) is 0 Å². The van der Waals surface area contributed by atoms with Gasteiger partial charge in [-0.2, -0.15) is 0 Å². The first-order valence-electron chi connectivity index (χ1n) is 7.17. The summed E-state index contributed by atoms with van der Waals surface area (Å²) in [5.41, 5.74) is 0. The molecule has 1 aliphatic rings. The molecular formula is C14H30N2O. The van der Waals surface area contributed by atoms with Gasteiger partial charge < -0.3 is 15.0 Å². The first-order chi connectivity index (χ1) is 8.24. The highest BCUT2D eigenvalue weighted by Gasteiger charge is 2.18. The third kappa shape index (κ3) is 6.39. The fraction of sp³-hybridized carbons (Fsp3) is 1.00. The van der Waals surface area contributed by atoms with E-state index in [9.17, 15) is 0 Å². The molecule has 0 bridgehead atoms. The highest BCUT2D eigenvalue weighted by atomic mass is 16.5. The largest absolute Gasteiger partial charge is 0.385 e. The Labute approximate surface area is 107 Å². The Hall–Kier alpha value is -0.120. The van der Waals surface area contributed by atoms with Crippen molar-refractivity contribution in [1.82, 2.24) is 10.2 Å². The van der Waals surface area contributed by atoms with Crippen molar-refractivity contribution < 1.29 is 4.74 Å². The van der Waals surface area contributed by atoms with Crippen LogP contribution in [0, 0.1) is 5.92 Å². The molecule has 0 aromatic heterocycles. The minimum atomic E-state index is 0.666. The Morgan fingerprint density at radius 2 is 2.18 bits per heavy atom. The van der Waals surface area contributed by atoms with Crippen LogP contribution in [-0.2, 0) is 4.74 Å². The van der Waals surface area contributed by atoms with Crippen molar-refractivity contribution in [3.63, 3.8) is 0 Å². The van der Waals surface area contributed by atoms with Crippen molar-refractivity contribution in [2.45, 2.75) is 45.6 Å². The van der Waals surface area contributed by atoms with E-state index in [1.165, 1.54) is 51.9 Å². The molecule has 0 amide bonds. The van der Waals surface area contributed by atoms with Crippen LogP contribution in [0.2, 0.25) is 0 Å². The van der Waals surface area contributed by atoms with Gasteiger partial charge >= 0.3 is 0 Å². The Morgan fingerprint density at radius 3 is 2.76 bits per heavy atom. The third-order valence-corrected chi connectivity index (χ3v) is 3.67. The number of rotatable bonds is 8. The molecule has 0 spiro atoms. The van der Waals surface area contributed by atoms with Gasteiger partial charge in [0.25, 0.3) is 0 Å². The molecule has 3 heteroatoms. The molecule has 0 aromatic carbocycles. The summed E-state index contributed by atoms with van der Waals surface area (Å²) in [6, 6.07) is 0.666. The summed E-state index contributed by atoms with van der Waals surface area (Å²) in [6.07, 6.45) is 5.18. The molecule has 0 aromatic rings. The van der Waals surface area contributed by atoms with Gasteiger partial charge in [-0.1, -0.05) is 0 Å². The molecule has 1 fully saturated rings. The van der Waals surface area contributed by atoms with Gasteiger partial charge in [0.15, 0.2) is 0 Å². The first-order valence-corrected chi connectivity index (χ1v) is 7.17. The molecule has 0 radical (unpaired) electrons. The van der Waals surface area contributed by atoms with Gasteiger partial charge in [-0.3, -0.25) is 0 Å². The molecule has 1 heterocycles. The van der Waals surface area contributed by atoms with E-state index in [4.69, 9.17) is 4.74 Å². The molecule has 1 rings (SSSR count). The Balaban J connectivity index is 2.21. The maximum atomic E-state index is 5.11. The van der Waals surface area contributed by atoms with E-state index in [2.05, 4.69) is 24.1 Å². The molecule has 1 N–H and O–H groups in total. The van der Waals surface area contributed by atoms with Crippen LogP contribution in [0.4, 0.5) is 0 Å². The number of hydrogen-bond donors (Lipinski definition) is 1. The lowest BCUT2D eigenvalue weighted by atomic mass is 9.98. The van der Waals surface area contributed by atoms with Crippen molar-refractivity contribution in [3.8, 4) is 0 Å². The second kappa shape index (κ2) is 8.90.